The third-order valence-corrected chi connectivity index (χ3v) is 3.84. The molecule has 5 heteroatoms. The third-order valence-electron chi connectivity index (χ3n) is 3.84. The molecule has 3 rings (SSSR count). The van der Waals surface area contributed by atoms with E-state index in [0.29, 0.717) is 19.3 Å². The van der Waals surface area contributed by atoms with E-state index in [1.54, 1.807) is 0 Å². The Kier molecular flexibility index (Phi) is 3.29. The predicted octanol–water partition coefficient (Wildman–Crippen LogP) is 1.08. The molecule has 2 aliphatic heterocycles. The molecule has 0 saturated carbocycles. The third kappa shape index (κ3) is 2.66. The van der Waals surface area contributed by atoms with Crippen molar-refractivity contribution in [2.24, 2.45) is 5.73 Å². The van der Waals surface area contributed by atoms with E-state index >= 15 is 0 Å². The van der Waals surface area contributed by atoms with E-state index < -0.39 is 0 Å². The Balaban J connectivity index is 1.63. The molecule has 19 heavy (non-hydrogen) atoms. The first-order chi connectivity index (χ1) is 9.22. The zero-order valence-corrected chi connectivity index (χ0v) is 10.8. The fraction of sp³-hybridized carbons (Fsp3) is 0.500. The van der Waals surface area contributed by atoms with E-state index in [9.17, 15) is 4.79 Å². The van der Waals surface area contributed by atoms with Gasteiger partial charge in [0.2, 0.25) is 12.7 Å². The molecule has 1 aromatic rings. The second-order valence-corrected chi connectivity index (χ2v) is 5.13. The van der Waals surface area contributed by atoms with E-state index in [1.807, 2.05) is 6.07 Å². The lowest BCUT2D eigenvalue weighted by Gasteiger charge is -2.31. The first kappa shape index (κ1) is 12.3. The second kappa shape index (κ2) is 5.09. The summed E-state index contributed by atoms with van der Waals surface area (Å²) in [5.74, 6) is 1.95. The van der Waals surface area contributed by atoms with Crippen LogP contribution in [0.25, 0.3) is 0 Å². The van der Waals surface area contributed by atoms with E-state index in [4.69, 9.17) is 15.2 Å². The topological polar surface area (TPSA) is 64.8 Å². The molecule has 102 valence electrons. The van der Waals surface area contributed by atoms with Gasteiger partial charge in [-0.15, -0.1) is 0 Å². The van der Waals surface area contributed by atoms with Crippen LogP contribution >= 0.6 is 0 Å². The molecule has 0 radical (unpaired) electrons. The summed E-state index contributed by atoms with van der Waals surface area (Å²) < 4.78 is 10.7. The number of carbonyl (C=O) groups is 1. The number of benzene rings is 1. The van der Waals surface area contributed by atoms with E-state index in [2.05, 4.69) is 17.0 Å². The van der Waals surface area contributed by atoms with E-state index in [1.165, 1.54) is 5.56 Å². The molecule has 1 amide bonds. The molecule has 1 fully saturated rings. The van der Waals surface area contributed by atoms with Crippen LogP contribution in [0.4, 0.5) is 0 Å². The van der Waals surface area contributed by atoms with Crippen molar-refractivity contribution in [3.05, 3.63) is 23.8 Å². The van der Waals surface area contributed by atoms with Crippen LogP contribution in [-0.2, 0) is 4.79 Å². The molecule has 2 heterocycles. The van der Waals surface area contributed by atoms with Crippen LogP contribution in [0.3, 0.4) is 0 Å². The molecule has 2 aliphatic rings. The summed E-state index contributed by atoms with van der Waals surface area (Å²) in [6, 6.07) is 6.17. The van der Waals surface area contributed by atoms with Gasteiger partial charge in [-0.1, -0.05) is 6.07 Å². The molecule has 1 saturated heterocycles. The molecule has 5 nitrogen and oxygen atoms in total. The lowest BCUT2D eigenvalue weighted by atomic mass is 9.89. The van der Waals surface area contributed by atoms with Gasteiger partial charge in [-0.2, -0.15) is 0 Å². The van der Waals surface area contributed by atoms with Crippen molar-refractivity contribution < 1.29 is 14.3 Å². The summed E-state index contributed by atoms with van der Waals surface area (Å²) in [5, 5.41) is 0. The highest BCUT2D eigenvalue weighted by atomic mass is 16.7. The van der Waals surface area contributed by atoms with Gasteiger partial charge in [0.1, 0.15) is 0 Å². The van der Waals surface area contributed by atoms with Crippen LogP contribution < -0.4 is 15.2 Å². The van der Waals surface area contributed by atoms with Gasteiger partial charge in [-0.05, 0) is 49.5 Å². The Labute approximate surface area is 112 Å². The van der Waals surface area contributed by atoms with Gasteiger partial charge in [0.05, 0.1) is 6.54 Å². The maximum absolute atomic E-state index is 10.9. The van der Waals surface area contributed by atoms with Crippen molar-refractivity contribution in [1.82, 2.24) is 4.90 Å². The highest BCUT2D eigenvalue weighted by Crippen LogP contribution is 2.37. The number of rotatable bonds is 3. The zero-order valence-electron chi connectivity index (χ0n) is 10.8. The molecular formula is C14H18N2O3. The quantitative estimate of drug-likeness (QED) is 0.885. The molecule has 2 N–H and O–H groups in total. The highest BCUT2D eigenvalue weighted by molar-refractivity contribution is 5.75. The van der Waals surface area contributed by atoms with Crippen molar-refractivity contribution >= 4 is 5.91 Å². The van der Waals surface area contributed by atoms with E-state index in [0.717, 1.165) is 37.4 Å². The number of likely N-dealkylation sites (tertiary alicyclic amines) is 1. The van der Waals surface area contributed by atoms with Crippen LogP contribution in [0.15, 0.2) is 18.2 Å². The second-order valence-electron chi connectivity index (χ2n) is 5.13. The number of hydrogen-bond donors (Lipinski definition) is 1. The average Bonchev–Trinajstić information content (AvgIpc) is 2.86. The largest absolute Gasteiger partial charge is 0.454 e. The minimum absolute atomic E-state index is 0.249. The van der Waals surface area contributed by atoms with Crippen LogP contribution in [-0.4, -0.2) is 37.2 Å². The first-order valence-corrected chi connectivity index (χ1v) is 6.62. The summed E-state index contributed by atoms with van der Waals surface area (Å²) in [6.07, 6.45) is 2.10. The van der Waals surface area contributed by atoms with Crippen molar-refractivity contribution in [2.45, 2.75) is 18.8 Å². The van der Waals surface area contributed by atoms with Crippen molar-refractivity contribution in [2.75, 3.05) is 26.4 Å². The summed E-state index contributed by atoms with van der Waals surface area (Å²) in [6.45, 7) is 2.52. The Morgan fingerprint density at radius 1 is 1.26 bits per heavy atom. The van der Waals surface area contributed by atoms with Crippen LogP contribution in [0.1, 0.15) is 24.3 Å². The monoisotopic (exact) mass is 262 g/mol. The summed E-state index contributed by atoms with van der Waals surface area (Å²) in [7, 11) is 0. The van der Waals surface area contributed by atoms with Crippen LogP contribution in [0.5, 0.6) is 11.5 Å². The predicted molar refractivity (Wildman–Crippen MR) is 70.2 cm³/mol. The number of primary amides is 1. The fourth-order valence-corrected chi connectivity index (χ4v) is 2.81. The van der Waals surface area contributed by atoms with Crippen molar-refractivity contribution in [3.8, 4) is 11.5 Å². The lowest BCUT2D eigenvalue weighted by molar-refractivity contribution is -0.119. The number of carbonyl (C=O) groups excluding carboxylic acids is 1. The number of piperidine rings is 1. The maximum Gasteiger partial charge on any atom is 0.231 e. The Morgan fingerprint density at radius 3 is 2.74 bits per heavy atom. The number of nitrogens with two attached hydrogens (primary N) is 1. The molecule has 0 aliphatic carbocycles. The lowest BCUT2D eigenvalue weighted by Crippen LogP contribution is -2.39. The van der Waals surface area contributed by atoms with E-state index in [-0.39, 0.29) is 5.91 Å². The molecule has 0 bridgehead atoms. The molecule has 0 unspecified atom stereocenters. The summed E-state index contributed by atoms with van der Waals surface area (Å²) in [4.78, 5) is 13.0. The zero-order chi connectivity index (χ0) is 13.2. The fourth-order valence-electron chi connectivity index (χ4n) is 2.81. The average molecular weight is 262 g/mol. The molecule has 0 atom stereocenters. The number of amides is 1. The van der Waals surface area contributed by atoms with Crippen LogP contribution in [0.2, 0.25) is 0 Å². The molecular weight excluding hydrogens is 244 g/mol. The highest BCUT2D eigenvalue weighted by Gasteiger charge is 2.23. The molecule has 0 aromatic heterocycles. The number of fused-ring (bicyclic) bond motifs is 1. The van der Waals surface area contributed by atoms with Gasteiger partial charge in [0.25, 0.3) is 0 Å². The molecule has 0 spiro atoms. The summed E-state index contributed by atoms with van der Waals surface area (Å²) >= 11 is 0. The minimum Gasteiger partial charge on any atom is -0.454 e. The van der Waals surface area contributed by atoms with Gasteiger partial charge in [0.15, 0.2) is 11.5 Å². The van der Waals surface area contributed by atoms with Gasteiger partial charge in [-0.25, -0.2) is 0 Å². The number of ether oxygens (including phenoxy) is 2. The SMILES string of the molecule is NC(=O)CN1CCC(c2ccc3c(c2)OCO3)CC1. The Bertz CT molecular complexity index is 482. The van der Waals surface area contributed by atoms with Gasteiger partial charge >= 0.3 is 0 Å². The summed E-state index contributed by atoms with van der Waals surface area (Å²) in [5.41, 5.74) is 6.51. The standard InChI is InChI=1S/C14H18N2O3/c15-14(17)8-16-5-3-10(4-6-16)11-1-2-12-13(7-11)19-9-18-12/h1-2,7,10H,3-6,8-9H2,(H2,15,17). The van der Waals surface area contributed by atoms with Crippen LogP contribution in [0, 0.1) is 0 Å². The van der Waals surface area contributed by atoms with Crippen molar-refractivity contribution in [3.63, 3.8) is 0 Å². The van der Waals surface area contributed by atoms with Gasteiger partial charge in [-0.3, -0.25) is 9.69 Å². The normalized spacial score (nSPS) is 19.6. The van der Waals surface area contributed by atoms with Gasteiger partial charge in [0, 0.05) is 0 Å². The molecule has 1 aromatic carbocycles. The Morgan fingerprint density at radius 2 is 2.00 bits per heavy atom. The van der Waals surface area contributed by atoms with Gasteiger partial charge < -0.3 is 15.2 Å². The minimum atomic E-state index is -0.249. The Hall–Kier alpha value is -1.75. The van der Waals surface area contributed by atoms with Crippen molar-refractivity contribution in [1.29, 1.82) is 0 Å². The first-order valence-electron chi connectivity index (χ1n) is 6.62. The number of nitrogens with zero attached hydrogens (tertiary/aromatic N) is 1. The maximum atomic E-state index is 10.9. The smallest absolute Gasteiger partial charge is 0.231 e. The number of hydrogen-bond acceptors (Lipinski definition) is 4.